The Morgan fingerprint density at radius 3 is 1.53 bits per heavy atom. The van der Waals surface area contributed by atoms with E-state index in [1.807, 2.05) is 13.8 Å². The first-order valence-corrected chi connectivity index (χ1v) is 6.43. The molecule has 0 rings (SSSR count). The zero-order valence-electron chi connectivity index (χ0n) is 12.2. The van der Waals surface area contributed by atoms with Gasteiger partial charge < -0.3 is 19.7 Å². The topological polar surface area (TPSA) is 58.9 Å². The molecule has 0 aromatic rings. The minimum Gasteiger partial charge on any atom is -0.378 e. The van der Waals surface area contributed by atoms with Crippen molar-refractivity contribution in [2.45, 2.75) is 51.7 Å². The van der Waals surface area contributed by atoms with Gasteiger partial charge in [0.1, 0.15) is 31.2 Å². The first kappa shape index (κ1) is 18.0. The van der Waals surface area contributed by atoms with Gasteiger partial charge in [0, 0.05) is 0 Å². The van der Waals surface area contributed by atoms with Crippen LogP contribution in [0.1, 0.15) is 40.5 Å². The van der Waals surface area contributed by atoms with Gasteiger partial charge in [0.25, 0.3) is 0 Å². The van der Waals surface area contributed by atoms with Crippen LogP contribution in [-0.4, -0.2) is 41.4 Å². The summed E-state index contributed by atoms with van der Waals surface area (Å²) in [6.07, 6.45) is 1.15. The molecular formula is C15H24O4. The maximum Gasteiger partial charge on any atom is 0.149 e. The SMILES string of the molecule is CC[C@@](C)(O)C#CCOCOCC#C[C@](C)(O)CC. The Kier molecular flexibility index (Phi) is 8.47. The van der Waals surface area contributed by atoms with Crippen LogP contribution in [0.2, 0.25) is 0 Å². The molecule has 0 aromatic carbocycles. The molecule has 108 valence electrons. The first-order valence-electron chi connectivity index (χ1n) is 6.43. The lowest BCUT2D eigenvalue weighted by Crippen LogP contribution is -2.19. The average molecular weight is 268 g/mol. The van der Waals surface area contributed by atoms with E-state index in [1.165, 1.54) is 0 Å². The molecule has 0 spiro atoms. The third-order valence-corrected chi connectivity index (χ3v) is 2.61. The summed E-state index contributed by atoms with van der Waals surface area (Å²) in [6, 6.07) is 0. The van der Waals surface area contributed by atoms with Crippen LogP contribution in [0.15, 0.2) is 0 Å². The van der Waals surface area contributed by atoms with Crippen LogP contribution >= 0.6 is 0 Å². The fraction of sp³-hybridized carbons (Fsp3) is 0.733. The summed E-state index contributed by atoms with van der Waals surface area (Å²) >= 11 is 0. The Morgan fingerprint density at radius 2 is 1.21 bits per heavy atom. The monoisotopic (exact) mass is 268 g/mol. The molecule has 19 heavy (non-hydrogen) atoms. The Hall–Kier alpha value is -1.04. The fourth-order valence-electron chi connectivity index (χ4n) is 0.874. The molecule has 0 unspecified atom stereocenters. The molecule has 0 aliphatic heterocycles. The van der Waals surface area contributed by atoms with E-state index >= 15 is 0 Å². The van der Waals surface area contributed by atoms with E-state index in [2.05, 4.69) is 23.7 Å². The smallest absolute Gasteiger partial charge is 0.149 e. The van der Waals surface area contributed by atoms with Crippen molar-refractivity contribution < 1.29 is 19.7 Å². The molecule has 0 heterocycles. The van der Waals surface area contributed by atoms with Crippen molar-refractivity contribution in [2.24, 2.45) is 0 Å². The van der Waals surface area contributed by atoms with Gasteiger partial charge >= 0.3 is 0 Å². The molecule has 2 atom stereocenters. The van der Waals surface area contributed by atoms with Crippen molar-refractivity contribution in [3.63, 3.8) is 0 Å². The molecule has 0 saturated heterocycles. The summed E-state index contributed by atoms with van der Waals surface area (Å²) in [5.74, 6) is 10.8. The third-order valence-electron chi connectivity index (χ3n) is 2.61. The van der Waals surface area contributed by atoms with Crippen molar-refractivity contribution in [1.29, 1.82) is 0 Å². The van der Waals surface area contributed by atoms with Crippen LogP contribution in [0.3, 0.4) is 0 Å². The average Bonchev–Trinajstić information content (AvgIpc) is 2.36. The van der Waals surface area contributed by atoms with Crippen LogP contribution in [0.25, 0.3) is 0 Å². The van der Waals surface area contributed by atoms with E-state index in [0.717, 1.165) is 0 Å². The lowest BCUT2D eigenvalue weighted by atomic mass is 10.1. The third kappa shape index (κ3) is 10.6. The summed E-state index contributed by atoms with van der Waals surface area (Å²) < 4.78 is 10.2. The molecule has 0 bridgehead atoms. The molecule has 0 aliphatic rings. The van der Waals surface area contributed by atoms with Crippen LogP contribution in [0.5, 0.6) is 0 Å². The summed E-state index contributed by atoms with van der Waals surface area (Å²) in [6.45, 7) is 7.54. The molecule has 0 aliphatic carbocycles. The maximum atomic E-state index is 9.59. The quantitative estimate of drug-likeness (QED) is 0.433. The van der Waals surface area contributed by atoms with Crippen molar-refractivity contribution in [2.75, 3.05) is 20.0 Å². The first-order chi connectivity index (χ1) is 8.83. The van der Waals surface area contributed by atoms with E-state index in [9.17, 15) is 10.2 Å². The van der Waals surface area contributed by atoms with Crippen LogP contribution in [-0.2, 0) is 9.47 Å². The van der Waals surface area contributed by atoms with E-state index in [0.29, 0.717) is 12.8 Å². The van der Waals surface area contributed by atoms with Gasteiger partial charge in [0.05, 0.1) is 0 Å². The Labute approximate surface area is 116 Å². The van der Waals surface area contributed by atoms with Gasteiger partial charge in [-0.05, 0) is 26.7 Å². The number of hydrogen-bond donors (Lipinski definition) is 2. The molecule has 0 fully saturated rings. The van der Waals surface area contributed by atoms with Crippen molar-refractivity contribution in [3.8, 4) is 23.7 Å². The second-order valence-electron chi connectivity index (χ2n) is 4.67. The van der Waals surface area contributed by atoms with Gasteiger partial charge in [0.2, 0.25) is 0 Å². The maximum absolute atomic E-state index is 9.59. The number of aliphatic hydroxyl groups is 2. The van der Waals surface area contributed by atoms with E-state index in [-0.39, 0.29) is 20.0 Å². The van der Waals surface area contributed by atoms with Crippen LogP contribution < -0.4 is 0 Å². The van der Waals surface area contributed by atoms with Crippen LogP contribution in [0.4, 0.5) is 0 Å². The standard InChI is InChI=1S/C15H24O4/c1-5-14(3,16)9-7-11-18-13-19-12-8-10-15(4,17)6-2/h16-17H,5-6,11-13H2,1-4H3/t14-,15-/m1/s1. The van der Waals surface area contributed by atoms with Crippen molar-refractivity contribution in [1.82, 2.24) is 0 Å². The van der Waals surface area contributed by atoms with E-state index in [1.54, 1.807) is 13.8 Å². The highest BCUT2D eigenvalue weighted by molar-refractivity contribution is 5.12. The molecule has 0 radical (unpaired) electrons. The van der Waals surface area contributed by atoms with Gasteiger partial charge in [-0.25, -0.2) is 0 Å². The zero-order chi connectivity index (χ0) is 14.8. The highest BCUT2D eigenvalue weighted by Gasteiger charge is 2.12. The highest BCUT2D eigenvalue weighted by Crippen LogP contribution is 2.05. The van der Waals surface area contributed by atoms with Gasteiger partial charge in [-0.1, -0.05) is 37.5 Å². The van der Waals surface area contributed by atoms with Gasteiger partial charge in [-0.2, -0.15) is 0 Å². The van der Waals surface area contributed by atoms with E-state index in [4.69, 9.17) is 9.47 Å². The van der Waals surface area contributed by atoms with Crippen molar-refractivity contribution >= 4 is 0 Å². The number of hydrogen-bond acceptors (Lipinski definition) is 4. The molecule has 2 N–H and O–H groups in total. The molecular weight excluding hydrogens is 244 g/mol. The number of ether oxygens (including phenoxy) is 2. The fourth-order valence-corrected chi connectivity index (χ4v) is 0.874. The minimum atomic E-state index is -0.957. The summed E-state index contributed by atoms with van der Waals surface area (Å²) in [5.41, 5.74) is -1.91. The minimum absolute atomic E-state index is 0.0892. The largest absolute Gasteiger partial charge is 0.378 e. The highest BCUT2D eigenvalue weighted by atomic mass is 16.7. The lowest BCUT2D eigenvalue weighted by molar-refractivity contribution is -0.0297. The molecule has 4 nitrogen and oxygen atoms in total. The van der Waals surface area contributed by atoms with E-state index < -0.39 is 11.2 Å². The second-order valence-corrected chi connectivity index (χ2v) is 4.67. The van der Waals surface area contributed by atoms with Gasteiger partial charge in [-0.3, -0.25) is 0 Å². The Morgan fingerprint density at radius 1 is 0.842 bits per heavy atom. The van der Waals surface area contributed by atoms with Crippen molar-refractivity contribution in [3.05, 3.63) is 0 Å². The summed E-state index contributed by atoms with van der Waals surface area (Å²) in [7, 11) is 0. The Balaban J connectivity index is 3.68. The van der Waals surface area contributed by atoms with Crippen LogP contribution in [0, 0.1) is 23.7 Å². The molecule has 0 aromatic heterocycles. The normalized spacial score (nSPS) is 16.3. The summed E-state index contributed by atoms with van der Waals surface area (Å²) in [5, 5.41) is 19.2. The predicted octanol–water partition coefficient (Wildman–Crippen LogP) is 1.31. The summed E-state index contributed by atoms with van der Waals surface area (Å²) in [4.78, 5) is 0. The van der Waals surface area contributed by atoms with Gasteiger partial charge in [0.15, 0.2) is 0 Å². The predicted molar refractivity (Wildman–Crippen MR) is 74.2 cm³/mol. The second kappa shape index (κ2) is 8.96. The molecule has 4 heteroatoms. The van der Waals surface area contributed by atoms with Gasteiger partial charge in [-0.15, -0.1) is 0 Å². The molecule has 0 saturated carbocycles. The zero-order valence-corrected chi connectivity index (χ0v) is 12.2. The Bertz CT molecular complexity index is 327. The molecule has 0 amide bonds. The lowest BCUT2D eigenvalue weighted by Gasteiger charge is -2.12. The number of rotatable bonds is 6.